The van der Waals surface area contributed by atoms with Crippen LogP contribution in [0.5, 0.6) is 5.75 Å². The van der Waals surface area contributed by atoms with Crippen LogP contribution in [0.15, 0.2) is 71.9 Å². The lowest BCUT2D eigenvalue weighted by Crippen LogP contribution is -2.24. The average molecular weight is 698 g/mol. The molecule has 0 saturated heterocycles. The molecule has 0 bridgehead atoms. The highest BCUT2D eigenvalue weighted by molar-refractivity contribution is 7.99. The van der Waals surface area contributed by atoms with Gasteiger partial charge in [0.05, 0.1) is 12.1 Å². The standard InChI is InChI=1S/C41H52FN5O2S/c1-7-40(3,4)30-20-23-35(33(27-30)41(5,6)8-2)49-25-13-12-24-43-36(48)17-11-14-26-50-39-44-38-37(45-46-39)32-15-9-10-16-34(32)47(38)28-29-18-21-31(42)22-19-29/h9-10,15-16,18-23,27H,7-8,11-14,17,24-26,28H2,1-6H3,(H,43,48). The first-order chi connectivity index (χ1) is 24.0. The predicted octanol–water partition coefficient (Wildman–Crippen LogP) is 9.78. The fraction of sp³-hybridized carbons (Fsp3) is 0.463. The molecule has 2 heterocycles. The molecule has 0 unspecified atom stereocenters. The SMILES string of the molecule is CCC(C)(C)c1ccc(OCCCCNC(=O)CCCCSc2nnc3c4ccccc4n(Cc4ccc(F)cc4)c3n2)c(C(C)(C)CC)c1. The smallest absolute Gasteiger partial charge is 0.219 e. The Morgan fingerprint density at radius 2 is 1.66 bits per heavy atom. The van der Waals surface area contributed by atoms with Crippen LogP contribution in [0.1, 0.15) is 103 Å². The van der Waals surface area contributed by atoms with E-state index in [-0.39, 0.29) is 22.6 Å². The fourth-order valence-electron chi connectivity index (χ4n) is 5.96. The molecule has 266 valence electrons. The number of halogens is 1. The summed E-state index contributed by atoms with van der Waals surface area (Å²) in [5.41, 5.74) is 6.31. The van der Waals surface area contributed by atoms with Gasteiger partial charge in [-0.2, -0.15) is 0 Å². The van der Waals surface area contributed by atoms with Crippen LogP contribution in [-0.2, 0) is 22.2 Å². The summed E-state index contributed by atoms with van der Waals surface area (Å²) >= 11 is 1.55. The van der Waals surface area contributed by atoms with E-state index < -0.39 is 0 Å². The average Bonchev–Trinajstić information content (AvgIpc) is 3.42. The maximum atomic E-state index is 13.5. The summed E-state index contributed by atoms with van der Waals surface area (Å²) < 4.78 is 21.9. The first-order valence-electron chi connectivity index (χ1n) is 18.1. The lowest BCUT2D eigenvalue weighted by atomic mass is 9.76. The van der Waals surface area contributed by atoms with Crippen LogP contribution in [0.2, 0.25) is 0 Å². The van der Waals surface area contributed by atoms with Gasteiger partial charge in [-0.3, -0.25) is 4.79 Å². The highest BCUT2D eigenvalue weighted by Crippen LogP contribution is 2.38. The molecule has 0 radical (unpaired) electrons. The maximum Gasteiger partial charge on any atom is 0.219 e. The second-order valence-electron chi connectivity index (χ2n) is 14.4. The van der Waals surface area contributed by atoms with Crippen LogP contribution in [0, 0.1) is 5.82 Å². The Labute approximate surface area is 300 Å². The minimum absolute atomic E-state index is 0.0344. The zero-order valence-corrected chi connectivity index (χ0v) is 31.3. The van der Waals surface area contributed by atoms with Crippen molar-refractivity contribution in [1.29, 1.82) is 0 Å². The number of ether oxygens (including phenoxy) is 1. The second-order valence-corrected chi connectivity index (χ2v) is 15.5. The maximum absolute atomic E-state index is 13.5. The molecule has 0 aliphatic heterocycles. The number of hydrogen-bond acceptors (Lipinski definition) is 6. The van der Waals surface area contributed by atoms with Gasteiger partial charge in [-0.15, -0.1) is 10.2 Å². The van der Waals surface area contributed by atoms with E-state index in [4.69, 9.17) is 9.72 Å². The van der Waals surface area contributed by atoms with E-state index in [1.165, 1.54) is 23.3 Å². The van der Waals surface area contributed by atoms with Crippen molar-refractivity contribution in [3.8, 4) is 5.75 Å². The van der Waals surface area contributed by atoms with Crippen molar-refractivity contribution in [1.82, 2.24) is 25.1 Å². The summed E-state index contributed by atoms with van der Waals surface area (Å²) in [6.07, 6.45) is 6.04. The van der Waals surface area contributed by atoms with Gasteiger partial charge in [0.25, 0.3) is 0 Å². The number of aromatic nitrogens is 4. The first-order valence-corrected chi connectivity index (χ1v) is 19.0. The number of hydrogen-bond donors (Lipinski definition) is 1. The summed E-state index contributed by atoms with van der Waals surface area (Å²) in [5.74, 6) is 1.60. The molecule has 0 spiro atoms. The van der Waals surface area contributed by atoms with Crippen molar-refractivity contribution in [3.63, 3.8) is 0 Å². The van der Waals surface area contributed by atoms with Crippen molar-refractivity contribution in [3.05, 3.63) is 89.2 Å². The summed E-state index contributed by atoms with van der Waals surface area (Å²) in [6, 6.07) is 21.3. The van der Waals surface area contributed by atoms with Gasteiger partial charge in [0.15, 0.2) is 5.65 Å². The van der Waals surface area contributed by atoms with Crippen LogP contribution in [-0.4, -0.2) is 44.6 Å². The van der Waals surface area contributed by atoms with Gasteiger partial charge in [0.1, 0.15) is 17.1 Å². The van der Waals surface area contributed by atoms with Gasteiger partial charge >= 0.3 is 0 Å². The van der Waals surface area contributed by atoms with Crippen LogP contribution in [0.4, 0.5) is 4.39 Å². The molecule has 5 rings (SSSR count). The topological polar surface area (TPSA) is 81.9 Å². The highest BCUT2D eigenvalue weighted by atomic mass is 32.2. The third-order valence-corrected chi connectivity index (χ3v) is 11.0. The molecule has 9 heteroatoms. The number of carbonyl (C=O) groups is 1. The zero-order chi connectivity index (χ0) is 35.7. The van der Waals surface area contributed by atoms with Crippen molar-refractivity contribution >= 4 is 39.7 Å². The van der Waals surface area contributed by atoms with Gasteiger partial charge in [-0.25, -0.2) is 9.37 Å². The third-order valence-electron chi connectivity index (χ3n) is 10.0. The Balaban J connectivity index is 1.04. The third kappa shape index (κ3) is 9.22. The number of thioether (sulfide) groups is 1. The number of rotatable bonds is 18. The van der Waals surface area contributed by atoms with Crippen molar-refractivity contribution < 1.29 is 13.9 Å². The summed E-state index contributed by atoms with van der Waals surface area (Å²) in [4.78, 5) is 17.4. The predicted molar refractivity (Wildman–Crippen MR) is 204 cm³/mol. The molecule has 0 aliphatic rings. The van der Waals surface area contributed by atoms with E-state index in [1.54, 1.807) is 23.9 Å². The van der Waals surface area contributed by atoms with Crippen LogP contribution in [0.25, 0.3) is 22.1 Å². The molecule has 0 aliphatic carbocycles. The number of unbranched alkanes of at least 4 members (excludes halogenated alkanes) is 2. The molecule has 2 aromatic heterocycles. The van der Waals surface area contributed by atoms with E-state index in [2.05, 4.69) is 79.8 Å². The summed E-state index contributed by atoms with van der Waals surface area (Å²) in [7, 11) is 0. The molecule has 0 fully saturated rings. The Bertz CT molecular complexity index is 1890. The van der Waals surface area contributed by atoms with Gasteiger partial charge in [0, 0.05) is 36.2 Å². The van der Waals surface area contributed by atoms with Gasteiger partial charge in [0.2, 0.25) is 11.1 Å². The van der Waals surface area contributed by atoms with Crippen LogP contribution in [0.3, 0.4) is 0 Å². The number of carbonyl (C=O) groups excluding carboxylic acids is 1. The molecule has 3 aromatic carbocycles. The van der Waals surface area contributed by atoms with E-state index in [9.17, 15) is 9.18 Å². The molecular formula is C41H52FN5O2S. The van der Waals surface area contributed by atoms with E-state index in [0.29, 0.717) is 31.3 Å². The number of para-hydroxylation sites is 1. The summed E-state index contributed by atoms with van der Waals surface area (Å²) in [5, 5.41) is 13.6. The Morgan fingerprint density at radius 1 is 0.900 bits per heavy atom. The number of fused-ring (bicyclic) bond motifs is 3. The van der Waals surface area contributed by atoms with E-state index >= 15 is 0 Å². The van der Waals surface area contributed by atoms with Crippen molar-refractivity contribution in [2.75, 3.05) is 18.9 Å². The minimum Gasteiger partial charge on any atom is -0.493 e. The zero-order valence-electron chi connectivity index (χ0n) is 30.5. The molecule has 0 saturated carbocycles. The molecule has 1 amide bonds. The van der Waals surface area contributed by atoms with Gasteiger partial charge in [-0.05, 0) is 84.7 Å². The second kappa shape index (κ2) is 16.8. The monoisotopic (exact) mass is 697 g/mol. The lowest BCUT2D eigenvalue weighted by molar-refractivity contribution is -0.121. The van der Waals surface area contributed by atoms with Crippen molar-refractivity contribution in [2.24, 2.45) is 0 Å². The Morgan fingerprint density at radius 3 is 2.42 bits per heavy atom. The number of benzene rings is 3. The number of amides is 1. The van der Waals surface area contributed by atoms with E-state index in [0.717, 1.165) is 77.7 Å². The van der Waals surface area contributed by atoms with Crippen molar-refractivity contribution in [2.45, 2.75) is 109 Å². The molecule has 7 nitrogen and oxygen atoms in total. The quantitative estimate of drug-likeness (QED) is 0.0725. The number of nitrogens with zero attached hydrogens (tertiary/aromatic N) is 4. The molecule has 5 aromatic rings. The largest absolute Gasteiger partial charge is 0.493 e. The lowest BCUT2D eigenvalue weighted by Gasteiger charge is -2.30. The van der Waals surface area contributed by atoms with Crippen LogP contribution < -0.4 is 10.1 Å². The summed E-state index contributed by atoms with van der Waals surface area (Å²) in [6.45, 7) is 15.5. The molecule has 1 N–H and O–H groups in total. The minimum atomic E-state index is -0.254. The van der Waals surface area contributed by atoms with E-state index in [1.807, 2.05) is 24.3 Å². The normalized spacial score (nSPS) is 12.1. The molecule has 50 heavy (non-hydrogen) atoms. The first kappa shape index (κ1) is 37.3. The number of nitrogens with one attached hydrogen (secondary N) is 1. The Kier molecular flexibility index (Phi) is 12.5. The molecule has 0 atom stereocenters. The highest BCUT2D eigenvalue weighted by Gasteiger charge is 2.26. The fourth-order valence-corrected chi connectivity index (χ4v) is 6.74. The molecular weight excluding hydrogens is 646 g/mol. The van der Waals surface area contributed by atoms with Gasteiger partial charge in [-0.1, -0.05) is 95.8 Å². The van der Waals surface area contributed by atoms with Crippen LogP contribution >= 0.6 is 11.8 Å². The Hall–Kier alpha value is -3.98. The van der Waals surface area contributed by atoms with Gasteiger partial charge < -0.3 is 14.6 Å².